The van der Waals surface area contributed by atoms with Crippen LogP contribution in [0.2, 0.25) is 0 Å². The van der Waals surface area contributed by atoms with Gasteiger partial charge in [0.1, 0.15) is 0 Å². The third-order valence-electron chi connectivity index (χ3n) is 2.13. The second-order valence-electron chi connectivity index (χ2n) is 3.22. The number of thioether (sulfide) groups is 1. The van der Waals surface area contributed by atoms with E-state index in [2.05, 4.69) is 0 Å². The normalized spacial score (nSPS) is 10.1. The number of Topliss-reactive ketones (excluding diaryl/α,β-unsaturated/α-hetero) is 2. The molecule has 0 radical (unpaired) electrons. The molecule has 0 saturated heterocycles. The van der Waals surface area contributed by atoms with Crippen molar-refractivity contribution in [1.82, 2.24) is 0 Å². The van der Waals surface area contributed by atoms with Gasteiger partial charge >= 0.3 is 0 Å². The molecule has 1 aromatic rings. The standard InChI is InChI=1S/C11H13NO2S/c1-6(13)8-4-5-9(12)10(7(2)14)11(8)15-3/h4-5H,12H2,1-3H3. The molecule has 1 aromatic carbocycles. The number of nitrogen functional groups attached to an aromatic ring is 1. The summed E-state index contributed by atoms with van der Waals surface area (Å²) < 4.78 is 0. The van der Waals surface area contributed by atoms with E-state index in [-0.39, 0.29) is 11.6 Å². The molecule has 0 bridgehead atoms. The fourth-order valence-electron chi connectivity index (χ4n) is 1.45. The van der Waals surface area contributed by atoms with Crippen LogP contribution in [0.25, 0.3) is 0 Å². The number of hydrogen-bond donors (Lipinski definition) is 1. The number of benzene rings is 1. The van der Waals surface area contributed by atoms with Gasteiger partial charge in [0.15, 0.2) is 11.6 Å². The molecule has 0 atom stereocenters. The van der Waals surface area contributed by atoms with Crippen molar-refractivity contribution in [2.24, 2.45) is 0 Å². The molecule has 0 saturated carbocycles. The zero-order chi connectivity index (χ0) is 11.6. The Bertz CT molecular complexity index is 427. The predicted octanol–water partition coefficient (Wildman–Crippen LogP) is 2.40. The fourth-order valence-corrected chi connectivity index (χ4v) is 2.35. The van der Waals surface area contributed by atoms with E-state index in [9.17, 15) is 9.59 Å². The molecule has 0 heterocycles. The Morgan fingerprint density at radius 3 is 2.20 bits per heavy atom. The number of nitrogens with two attached hydrogens (primary N) is 1. The number of hydrogen-bond acceptors (Lipinski definition) is 4. The van der Waals surface area contributed by atoms with Crippen molar-refractivity contribution in [3.8, 4) is 0 Å². The topological polar surface area (TPSA) is 60.2 Å². The first-order valence-corrected chi connectivity index (χ1v) is 5.69. The van der Waals surface area contributed by atoms with Gasteiger partial charge in [-0.1, -0.05) is 0 Å². The van der Waals surface area contributed by atoms with Crippen molar-refractivity contribution in [2.75, 3.05) is 12.0 Å². The summed E-state index contributed by atoms with van der Waals surface area (Å²) in [6.07, 6.45) is 1.83. The molecule has 0 unspecified atom stereocenters. The number of anilines is 1. The van der Waals surface area contributed by atoms with Crippen LogP contribution in [0.3, 0.4) is 0 Å². The number of carbonyl (C=O) groups excluding carboxylic acids is 2. The first kappa shape index (κ1) is 11.8. The highest BCUT2D eigenvalue weighted by atomic mass is 32.2. The molecule has 4 heteroatoms. The Morgan fingerprint density at radius 1 is 1.20 bits per heavy atom. The monoisotopic (exact) mass is 223 g/mol. The zero-order valence-electron chi connectivity index (χ0n) is 8.96. The van der Waals surface area contributed by atoms with E-state index < -0.39 is 0 Å². The third kappa shape index (κ3) is 2.21. The largest absolute Gasteiger partial charge is 0.398 e. The smallest absolute Gasteiger partial charge is 0.163 e. The highest BCUT2D eigenvalue weighted by molar-refractivity contribution is 7.98. The minimum Gasteiger partial charge on any atom is -0.398 e. The van der Waals surface area contributed by atoms with Crippen molar-refractivity contribution in [3.05, 3.63) is 23.3 Å². The number of carbonyl (C=O) groups is 2. The summed E-state index contributed by atoms with van der Waals surface area (Å²) in [4.78, 5) is 23.4. The van der Waals surface area contributed by atoms with E-state index in [1.54, 1.807) is 12.1 Å². The van der Waals surface area contributed by atoms with E-state index in [4.69, 9.17) is 5.73 Å². The van der Waals surface area contributed by atoms with Gasteiger partial charge in [-0.25, -0.2) is 0 Å². The second-order valence-corrected chi connectivity index (χ2v) is 4.04. The lowest BCUT2D eigenvalue weighted by atomic mass is 10.0. The van der Waals surface area contributed by atoms with Crippen LogP contribution >= 0.6 is 11.8 Å². The van der Waals surface area contributed by atoms with Crippen molar-refractivity contribution >= 4 is 29.0 Å². The molecule has 80 valence electrons. The van der Waals surface area contributed by atoms with Crippen LogP contribution in [0.15, 0.2) is 17.0 Å². The summed E-state index contributed by atoms with van der Waals surface area (Å²) >= 11 is 1.37. The lowest BCUT2D eigenvalue weighted by molar-refractivity contribution is 0.101. The Morgan fingerprint density at radius 2 is 1.80 bits per heavy atom. The van der Waals surface area contributed by atoms with Crippen LogP contribution in [-0.2, 0) is 0 Å². The summed E-state index contributed by atoms with van der Waals surface area (Å²) in [6.45, 7) is 2.94. The van der Waals surface area contributed by atoms with Crippen LogP contribution < -0.4 is 5.73 Å². The first-order valence-electron chi connectivity index (χ1n) is 4.47. The maximum Gasteiger partial charge on any atom is 0.163 e. The molecule has 2 N–H and O–H groups in total. The van der Waals surface area contributed by atoms with Gasteiger partial charge < -0.3 is 5.73 Å². The van der Waals surface area contributed by atoms with Gasteiger partial charge in [0, 0.05) is 16.1 Å². The average Bonchev–Trinajstić information content (AvgIpc) is 2.15. The molecule has 15 heavy (non-hydrogen) atoms. The molecule has 0 aromatic heterocycles. The van der Waals surface area contributed by atoms with Gasteiger partial charge in [0.25, 0.3) is 0 Å². The number of rotatable bonds is 3. The van der Waals surface area contributed by atoms with Gasteiger partial charge in [0.2, 0.25) is 0 Å². The van der Waals surface area contributed by atoms with Gasteiger partial charge in [-0.3, -0.25) is 9.59 Å². The van der Waals surface area contributed by atoms with Crippen LogP contribution in [0.1, 0.15) is 34.6 Å². The van der Waals surface area contributed by atoms with Gasteiger partial charge in [-0.15, -0.1) is 11.8 Å². The molecule has 3 nitrogen and oxygen atoms in total. The quantitative estimate of drug-likeness (QED) is 0.485. The number of ketones is 2. The average molecular weight is 223 g/mol. The van der Waals surface area contributed by atoms with E-state index in [0.29, 0.717) is 21.7 Å². The summed E-state index contributed by atoms with van der Waals surface area (Å²) in [6, 6.07) is 3.27. The molecule has 0 aliphatic heterocycles. The molecular formula is C11H13NO2S. The van der Waals surface area contributed by atoms with Crippen molar-refractivity contribution < 1.29 is 9.59 Å². The van der Waals surface area contributed by atoms with Crippen LogP contribution in [0, 0.1) is 0 Å². The highest BCUT2D eigenvalue weighted by Gasteiger charge is 2.16. The Balaban J connectivity index is 3.54. The van der Waals surface area contributed by atoms with Crippen LogP contribution in [0.5, 0.6) is 0 Å². The van der Waals surface area contributed by atoms with Crippen LogP contribution in [-0.4, -0.2) is 17.8 Å². The summed E-state index contributed by atoms with van der Waals surface area (Å²) in [5.41, 5.74) is 7.16. The zero-order valence-corrected chi connectivity index (χ0v) is 9.77. The Hall–Kier alpha value is -1.29. The summed E-state index contributed by atoms with van der Waals surface area (Å²) in [5.74, 6) is -0.165. The highest BCUT2D eigenvalue weighted by Crippen LogP contribution is 2.30. The lowest BCUT2D eigenvalue weighted by Gasteiger charge is -2.11. The Kier molecular flexibility index (Phi) is 3.52. The van der Waals surface area contributed by atoms with Gasteiger partial charge in [-0.2, -0.15) is 0 Å². The van der Waals surface area contributed by atoms with Gasteiger partial charge in [-0.05, 0) is 32.2 Å². The van der Waals surface area contributed by atoms with E-state index in [1.807, 2.05) is 6.26 Å². The maximum absolute atomic E-state index is 11.4. The molecule has 0 aliphatic carbocycles. The molecule has 0 fully saturated rings. The minimum absolute atomic E-state index is 0.0538. The SMILES string of the molecule is CSc1c(C(C)=O)ccc(N)c1C(C)=O. The van der Waals surface area contributed by atoms with Crippen LogP contribution in [0.4, 0.5) is 5.69 Å². The maximum atomic E-state index is 11.4. The van der Waals surface area contributed by atoms with E-state index >= 15 is 0 Å². The Labute approximate surface area is 93.0 Å². The molecule has 1 rings (SSSR count). The first-order chi connectivity index (χ1) is 6.99. The summed E-state index contributed by atoms with van der Waals surface area (Å²) in [7, 11) is 0. The molecule has 0 spiro atoms. The lowest BCUT2D eigenvalue weighted by Crippen LogP contribution is -2.06. The molecule has 0 amide bonds. The third-order valence-corrected chi connectivity index (χ3v) is 2.96. The van der Waals surface area contributed by atoms with Crippen molar-refractivity contribution in [3.63, 3.8) is 0 Å². The predicted molar refractivity (Wildman–Crippen MR) is 62.6 cm³/mol. The fraction of sp³-hybridized carbons (Fsp3) is 0.273. The van der Waals surface area contributed by atoms with E-state index in [0.717, 1.165) is 0 Å². The molecule has 0 aliphatic rings. The minimum atomic E-state index is -0.111. The summed E-state index contributed by atoms with van der Waals surface area (Å²) in [5, 5.41) is 0. The van der Waals surface area contributed by atoms with Crippen molar-refractivity contribution in [2.45, 2.75) is 18.7 Å². The van der Waals surface area contributed by atoms with Crippen molar-refractivity contribution in [1.29, 1.82) is 0 Å². The van der Waals surface area contributed by atoms with Gasteiger partial charge in [0.05, 0.1) is 5.56 Å². The molecular weight excluding hydrogens is 210 g/mol. The second kappa shape index (κ2) is 4.49. The van der Waals surface area contributed by atoms with E-state index in [1.165, 1.54) is 25.6 Å².